The molecule has 1 saturated heterocycles. The lowest BCUT2D eigenvalue weighted by Crippen LogP contribution is -2.43. The molecule has 1 amide bonds. The van der Waals surface area contributed by atoms with E-state index in [1.54, 1.807) is 0 Å². The van der Waals surface area contributed by atoms with Gasteiger partial charge in [0.15, 0.2) is 0 Å². The van der Waals surface area contributed by atoms with Gasteiger partial charge in [-0.15, -0.1) is 0 Å². The SMILES string of the molecule is NC(Cc1ccc2c(c1)CCO2)C(=O)N1CCCC1. The van der Waals surface area contributed by atoms with Crippen molar-refractivity contribution in [1.29, 1.82) is 0 Å². The summed E-state index contributed by atoms with van der Waals surface area (Å²) < 4.78 is 5.48. The van der Waals surface area contributed by atoms with E-state index in [0.29, 0.717) is 6.42 Å². The molecular weight excluding hydrogens is 240 g/mol. The van der Waals surface area contributed by atoms with Gasteiger partial charge in [-0.2, -0.15) is 0 Å². The number of fused-ring (bicyclic) bond motifs is 1. The van der Waals surface area contributed by atoms with E-state index in [-0.39, 0.29) is 5.91 Å². The third-order valence-electron chi connectivity index (χ3n) is 3.94. The molecule has 4 heteroatoms. The fourth-order valence-corrected chi connectivity index (χ4v) is 2.88. The molecule has 1 fully saturated rings. The summed E-state index contributed by atoms with van der Waals surface area (Å²) in [4.78, 5) is 14.0. The maximum absolute atomic E-state index is 12.2. The van der Waals surface area contributed by atoms with E-state index in [4.69, 9.17) is 10.5 Å². The number of rotatable bonds is 3. The van der Waals surface area contributed by atoms with Gasteiger partial charge in [-0.05, 0) is 36.5 Å². The van der Waals surface area contributed by atoms with Crippen molar-refractivity contribution < 1.29 is 9.53 Å². The number of nitrogens with zero attached hydrogens (tertiary/aromatic N) is 1. The number of nitrogens with two attached hydrogens (primary N) is 1. The Kier molecular flexibility index (Phi) is 3.42. The quantitative estimate of drug-likeness (QED) is 0.886. The van der Waals surface area contributed by atoms with Gasteiger partial charge < -0.3 is 15.4 Å². The lowest BCUT2D eigenvalue weighted by molar-refractivity contribution is -0.131. The van der Waals surface area contributed by atoms with E-state index in [1.807, 2.05) is 17.0 Å². The molecule has 2 aliphatic heterocycles. The minimum absolute atomic E-state index is 0.0919. The Bertz CT molecular complexity index is 481. The zero-order valence-corrected chi connectivity index (χ0v) is 11.1. The number of ether oxygens (including phenoxy) is 1. The molecule has 0 saturated carbocycles. The number of carbonyl (C=O) groups excluding carboxylic acids is 1. The van der Waals surface area contributed by atoms with Crippen LogP contribution in [0, 0.1) is 0 Å². The van der Waals surface area contributed by atoms with Crippen molar-refractivity contribution in [3.8, 4) is 5.75 Å². The normalized spacial score (nSPS) is 19.1. The van der Waals surface area contributed by atoms with E-state index in [0.717, 1.165) is 50.3 Å². The first-order valence-electron chi connectivity index (χ1n) is 7.03. The molecule has 0 spiro atoms. The second-order valence-electron chi connectivity index (χ2n) is 5.38. The monoisotopic (exact) mass is 260 g/mol. The number of carbonyl (C=O) groups is 1. The molecule has 19 heavy (non-hydrogen) atoms. The van der Waals surface area contributed by atoms with Crippen LogP contribution in [0.1, 0.15) is 24.0 Å². The molecule has 2 aliphatic rings. The van der Waals surface area contributed by atoms with Gasteiger partial charge in [0, 0.05) is 19.5 Å². The van der Waals surface area contributed by atoms with Crippen molar-refractivity contribution in [2.75, 3.05) is 19.7 Å². The summed E-state index contributed by atoms with van der Waals surface area (Å²) in [5.74, 6) is 1.07. The van der Waals surface area contributed by atoms with Crippen molar-refractivity contribution >= 4 is 5.91 Å². The third-order valence-corrected chi connectivity index (χ3v) is 3.94. The van der Waals surface area contributed by atoms with Crippen LogP contribution in [-0.2, 0) is 17.6 Å². The van der Waals surface area contributed by atoms with Gasteiger partial charge in [-0.3, -0.25) is 4.79 Å². The van der Waals surface area contributed by atoms with Gasteiger partial charge in [0.05, 0.1) is 12.6 Å². The summed E-state index contributed by atoms with van der Waals surface area (Å²) in [7, 11) is 0. The first-order chi connectivity index (χ1) is 9.24. The molecule has 1 atom stereocenters. The van der Waals surface area contributed by atoms with Crippen molar-refractivity contribution in [1.82, 2.24) is 4.90 Å². The number of hydrogen-bond donors (Lipinski definition) is 1. The average Bonchev–Trinajstić information content (AvgIpc) is 3.08. The lowest BCUT2D eigenvalue weighted by atomic mass is 10.0. The van der Waals surface area contributed by atoms with Crippen LogP contribution >= 0.6 is 0 Å². The molecule has 0 aliphatic carbocycles. The summed E-state index contributed by atoms with van der Waals surface area (Å²) >= 11 is 0. The predicted octanol–water partition coefficient (Wildman–Crippen LogP) is 1.11. The van der Waals surface area contributed by atoms with Crippen molar-refractivity contribution in [2.24, 2.45) is 5.73 Å². The van der Waals surface area contributed by atoms with E-state index in [9.17, 15) is 4.79 Å². The van der Waals surface area contributed by atoms with Crippen LogP contribution in [0.5, 0.6) is 5.75 Å². The van der Waals surface area contributed by atoms with Crippen molar-refractivity contribution in [2.45, 2.75) is 31.7 Å². The van der Waals surface area contributed by atoms with E-state index < -0.39 is 6.04 Å². The average molecular weight is 260 g/mol. The second kappa shape index (κ2) is 5.21. The fourth-order valence-electron chi connectivity index (χ4n) is 2.88. The molecule has 0 aromatic heterocycles. The molecule has 102 valence electrons. The summed E-state index contributed by atoms with van der Waals surface area (Å²) in [5, 5.41) is 0. The van der Waals surface area contributed by atoms with E-state index >= 15 is 0 Å². The molecule has 2 N–H and O–H groups in total. The highest BCUT2D eigenvalue weighted by molar-refractivity contribution is 5.82. The highest BCUT2D eigenvalue weighted by Crippen LogP contribution is 2.26. The summed E-state index contributed by atoms with van der Waals surface area (Å²) in [6, 6.07) is 5.71. The van der Waals surface area contributed by atoms with Crippen molar-refractivity contribution in [3.63, 3.8) is 0 Å². The Balaban J connectivity index is 1.65. The van der Waals surface area contributed by atoms with Crippen LogP contribution in [0.25, 0.3) is 0 Å². The Morgan fingerprint density at radius 1 is 1.37 bits per heavy atom. The summed E-state index contributed by atoms with van der Waals surface area (Å²) in [6.07, 6.45) is 3.78. The number of amides is 1. The molecule has 4 nitrogen and oxygen atoms in total. The van der Waals surface area contributed by atoms with Crippen LogP contribution in [-0.4, -0.2) is 36.5 Å². The van der Waals surface area contributed by atoms with Crippen LogP contribution < -0.4 is 10.5 Å². The highest BCUT2D eigenvalue weighted by atomic mass is 16.5. The number of likely N-dealkylation sites (tertiary alicyclic amines) is 1. The zero-order valence-electron chi connectivity index (χ0n) is 11.1. The van der Waals surface area contributed by atoms with Gasteiger partial charge in [0.25, 0.3) is 0 Å². The molecule has 0 radical (unpaired) electrons. The van der Waals surface area contributed by atoms with Gasteiger partial charge in [0.2, 0.25) is 5.91 Å². The number of hydrogen-bond acceptors (Lipinski definition) is 3. The smallest absolute Gasteiger partial charge is 0.239 e. The Morgan fingerprint density at radius 3 is 2.95 bits per heavy atom. The summed E-state index contributed by atoms with van der Waals surface area (Å²) in [6.45, 7) is 2.49. The Hall–Kier alpha value is -1.55. The van der Waals surface area contributed by atoms with E-state index in [1.165, 1.54) is 5.56 Å². The van der Waals surface area contributed by atoms with Crippen molar-refractivity contribution in [3.05, 3.63) is 29.3 Å². The van der Waals surface area contributed by atoms with Gasteiger partial charge in [-0.1, -0.05) is 12.1 Å². The highest BCUT2D eigenvalue weighted by Gasteiger charge is 2.24. The predicted molar refractivity (Wildman–Crippen MR) is 73.1 cm³/mol. The topological polar surface area (TPSA) is 55.6 Å². The third kappa shape index (κ3) is 2.59. The molecular formula is C15H20N2O2. The first-order valence-corrected chi connectivity index (χ1v) is 7.03. The molecule has 1 unspecified atom stereocenters. The number of benzene rings is 1. The minimum Gasteiger partial charge on any atom is -0.493 e. The lowest BCUT2D eigenvalue weighted by Gasteiger charge is -2.20. The standard InChI is InChI=1S/C15H20N2O2/c16-13(15(18)17-6-1-2-7-17)10-11-3-4-14-12(9-11)5-8-19-14/h3-4,9,13H,1-2,5-8,10,16H2. The van der Waals surface area contributed by atoms with Gasteiger partial charge in [0.1, 0.15) is 5.75 Å². The van der Waals surface area contributed by atoms with Gasteiger partial charge >= 0.3 is 0 Å². The van der Waals surface area contributed by atoms with Crippen LogP contribution in [0.3, 0.4) is 0 Å². The fraction of sp³-hybridized carbons (Fsp3) is 0.533. The first kappa shape index (κ1) is 12.5. The zero-order chi connectivity index (χ0) is 13.2. The van der Waals surface area contributed by atoms with E-state index in [2.05, 4.69) is 6.07 Å². The summed E-state index contributed by atoms with van der Waals surface area (Å²) in [5.41, 5.74) is 8.42. The second-order valence-corrected chi connectivity index (χ2v) is 5.38. The Labute approximate surface area is 113 Å². The maximum Gasteiger partial charge on any atom is 0.239 e. The molecule has 0 bridgehead atoms. The van der Waals surface area contributed by atoms with Crippen LogP contribution in [0.2, 0.25) is 0 Å². The largest absolute Gasteiger partial charge is 0.493 e. The molecule has 3 rings (SSSR count). The molecule has 2 heterocycles. The molecule has 1 aromatic carbocycles. The minimum atomic E-state index is -0.418. The maximum atomic E-state index is 12.2. The Morgan fingerprint density at radius 2 is 2.16 bits per heavy atom. The van der Waals surface area contributed by atoms with Crippen LogP contribution in [0.4, 0.5) is 0 Å². The van der Waals surface area contributed by atoms with Gasteiger partial charge in [-0.25, -0.2) is 0 Å². The molecule has 1 aromatic rings. The van der Waals surface area contributed by atoms with Crippen LogP contribution in [0.15, 0.2) is 18.2 Å².